The van der Waals surface area contributed by atoms with Gasteiger partial charge in [-0.3, -0.25) is 4.84 Å². The molecule has 2 rings (SSSR count). The molecule has 110 valence electrons. The molecule has 0 radical (unpaired) electrons. The molecule has 1 saturated heterocycles. The lowest BCUT2D eigenvalue weighted by Gasteiger charge is -2.25. The summed E-state index contributed by atoms with van der Waals surface area (Å²) in [6.07, 6.45) is 1.42. The molecule has 20 heavy (non-hydrogen) atoms. The normalized spacial score (nSPS) is 17.1. The number of hydroxylamine groups is 1. The molecule has 1 N–H and O–H groups in total. The summed E-state index contributed by atoms with van der Waals surface area (Å²) in [5, 5.41) is 8.91. The van der Waals surface area contributed by atoms with E-state index in [0.29, 0.717) is 6.42 Å². The van der Waals surface area contributed by atoms with Gasteiger partial charge in [0, 0.05) is 6.54 Å². The van der Waals surface area contributed by atoms with E-state index in [9.17, 15) is 17.6 Å². The lowest BCUT2D eigenvalue weighted by molar-refractivity contribution is -0.108. The molecule has 1 fully saturated rings. The van der Waals surface area contributed by atoms with Crippen LogP contribution in [0.25, 0.3) is 0 Å². The predicted octanol–water partition coefficient (Wildman–Crippen LogP) is 1.55. The van der Waals surface area contributed by atoms with Crippen LogP contribution in [0.4, 0.5) is 4.39 Å². The highest BCUT2D eigenvalue weighted by molar-refractivity contribution is 7.89. The first-order valence-electron chi connectivity index (χ1n) is 6.03. The topological polar surface area (TPSA) is 83.9 Å². The van der Waals surface area contributed by atoms with Gasteiger partial charge in [0.25, 0.3) is 10.0 Å². The Bertz CT molecular complexity index is 637. The van der Waals surface area contributed by atoms with Crippen molar-refractivity contribution in [2.45, 2.75) is 24.7 Å². The smallest absolute Gasteiger partial charge is 0.338 e. The molecule has 1 aliphatic rings. The summed E-state index contributed by atoms with van der Waals surface area (Å²) in [4.78, 5) is 15.7. The van der Waals surface area contributed by atoms with Gasteiger partial charge in [-0.15, -0.1) is 0 Å². The lowest BCUT2D eigenvalue weighted by atomic mass is 10.1. The van der Waals surface area contributed by atoms with Crippen LogP contribution >= 0.6 is 0 Å². The monoisotopic (exact) mass is 303 g/mol. The molecule has 0 saturated carbocycles. The van der Waals surface area contributed by atoms with E-state index in [0.717, 1.165) is 23.0 Å². The van der Waals surface area contributed by atoms with Crippen LogP contribution in [0.2, 0.25) is 0 Å². The van der Waals surface area contributed by atoms with E-state index in [4.69, 9.17) is 9.94 Å². The van der Waals surface area contributed by atoms with E-state index in [1.807, 2.05) is 0 Å². The van der Waals surface area contributed by atoms with Crippen LogP contribution in [0.5, 0.6) is 0 Å². The van der Waals surface area contributed by atoms with Crippen molar-refractivity contribution >= 4 is 16.0 Å². The lowest BCUT2D eigenvalue weighted by Crippen LogP contribution is -2.35. The zero-order valence-corrected chi connectivity index (χ0v) is 11.6. The third kappa shape index (κ3) is 2.67. The summed E-state index contributed by atoms with van der Waals surface area (Å²) >= 11 is 0. The van der Waals surface area contributed by atoms with Gasteiger partial charge in [-0.25, -0.2) is 17.6 Å². The fraction of sp³-hybridized carbons (Fsp3) is 0.417. The van der Waals surface area contributed by atoms with Crippen LogP contribution in [0.15, 0.2) is 17.0 Å². The van der Waals surface area contributed by atoms with Crippen LogP contribution in [-0.2, 0) is 14.9 Å². The highest BCUT2D eigenvalue weighted by atomic mass is 32.2. The number of hydrogen-bond acceptors (Lipinski definition) is 4. The maximum absolute atomic E-state index is 13.6. The Balaban J connectivity index is 2.49. The van der Waals surface area contributed by atoms with E-state index < -0.39 is 27.4 Å². The fourth-order valence-corrected chi connectivity index (χ4v) is 3.33. The molecule has 8 heteroatoms. The summed E-state index contributed by atoms with van der Waals surface area (Å²) in [7, 11) is -3.98. The standard InChI is InChI=1S/C12H14FNO5S/c1-8-6-9(7-10(11(8)13)12(15)16)20(17,18)14-4-2-3-5-19-14/h6-7H,2-5H2,1H3,(H,15,16). The number of sulfonamides is 1. The van der Waals surface area contributed by atoms with Gasteiger partial charge in [0.1, 0.15) is 5.82 Å². The van der Waals surface area contributed by atoms with Crippen molar-refractivity contribution in [3.05, 3.63) is 29.1 Å². The van der Waals surface area contributed by atoms with Crippen LogP contribution in [-0.4, -0.2) is 37.1 Å². The highest BCUT2D eigenvalue weighted by Gasteiger charge is 2.29. The Morgan fingerprint density at radius 2 is 2.10 bits per heavy atom. The number of rotatable bonds is 3. The molecule has 0 bridgehead atoms. The van der Waals surface area contributed by atoms with Gasteiger partial charge in [0.15, 0.2) is 0 Å². The van der Waals surface area contributed by atoms with Crippen molar-refractivity contribution in [3.8, 4) is 0 Å². The predicted molar refractivity (Wildman–Crippen MR) is 67.2 cm³/mol. The molecule has 0 atom stereocenters. The van der Waals surface area contributed by atoms with Gasteiger partial charge in [-0.1, -0.05) is 4.47 Å². The molecule has 0 spiro atoms. The Hall–Kier alpha value is -1.51. The third-order valence-electron chi connectivity index (χ3n) is 2.99. The fourth-order valence-electron chi connectivity index (χ4n) is 1.92. The van der Waals surface area contributed by atoms with Crippen LogP contribution < -0.4 is 0 Å². The average molecular weight is 303 g/mol. The molecular weight excluding hydrogens is 289 g/mol. The van der Waals surface area contributed by atoms with Crippen molar-refractivity contribution in [1.29, 1.82) is 0 Å². The van der Waals surface area contributed by atoms with Crippen LogP contribution in [0.1, 0.15) is 28.8 Å². The number of nitrogens with zero attached hydrogens (tertiary/aromatic N) is 1. The Kier molecular flexibility index (Phi) is 4.07. The minimum Gasteiger partial charge on any atom is -0.478 e. The van der Waals surface area contributed by atoms with E-state index >= 15 is 0 Å². The van der Waals surface area contributed by atoms with Gasteiger partial charge in [-0.2, -0.15) is 0 Å². The second-order valence-electron chi connectivity index (χ2n) is 4.48. The number of aromatic carboxylic acids is 1. The molecule has 1 aromatic carbocycles. The van der Waals surface area contributed by atoms with E-state index in [2.05, 4.69) is 0 Å². The Morgan fingerprint density at radius 1 is 1.40 bits per heavy atom. The van der Waals surface area contributed by atoms with Gasteiger partial charge < -0.3 is 5.11 Å². The van der Waals surface area contributed by atoms with Crippen molar-refractivity contribution in [2.75, 3.05) is 13.2 Å². The largest absolute Gasteiger partial charge is 0.478 e. The number of hydrogen-bond donors (Lipinski definition) is 1. The van der Waals surface area contributed by atoms with Crippen molar-refractivity contribution in [1.82, 2.24) is 4.47 Å². The number of benzene rings is 1. The Morgan fingerprint density at radius 3 is 2.65 bits per heavy atom. The van der Waals surface area contributed by atoms with Crippen molar-refractivity contribution < 1.29 is 27.5 Å². The second kappa shape index (κ2) is 5.47. The van der Waals surface area contributed by atoms with Crippen LogP contribution in [0.3, 0.4) is 0 Å². The highest BCUT2D eigenvalue weighted by Crippen LogP contribution is 2.24. The number of carbonyl (C=O) groups is 1. The molecule has 0 amide bonds. The zero-order chi connectivity index (χ0) is 14.9. The van der Waals surface area contributed by atoms with Gasteiger partial charge in [-0.05, 0) is 37.5 Å². The molecule has 1 heterocycles. The first-order valence-corrected chi connectivity index (χ1v) is 7.47. The maximum atomic E-state index is 13.6. The SMILES string of the molecule is Cc1cc(S(=O)(=O)N2CCCCO2)cc(C(=O)O)c1F. The number of carboxylic acid groups (broad SMARTS) is 1. The van der Waals surface area contributed by atoms with Crippen molar-refractivity contribution in [3.63, 3.8) is 0 Å². The minimum absolute atomic E-state index is 0.0412. The van der Waals surface area contributed by atoms with Gasteiger partial charge in [0.2, 0.25) is 0 Å². The summed E-state index contributed by atoms with van der Waals surface area (Å²) < 4.78 is 39.1. The summed E-state index contributed by atoms with van der Waals surface area (Å²) in [5.74, 6) is -2.45. The molecular formula is C12H14FNO5S. The number of halogens is 1. The van der Waals surface area contributed by atoms with Crippen molar-refractivity contribution in [2.24, 2.45) is 0 Å². The van der Waals surface area contributed by atoms with Crippen LogP contribution in [0, 0.1) is 12.7 Å². The first-order chi connectivity index (χ1) is 9.34. The third-order valence-corrected chi connectivity index (χ3v) is 4.65. The summed E-state index contributed by atoms with van der Waals surface area (Å²) in [5.41, 5.74) is -0.707. The zero-order valence-electron chi connectivity index (χ0n) is 10.8. The summed E-state index contributed by atoms with van der Waals surface area (Å²) in [6, 6.07) is 1.92. The van der Waals surface area contributed by atoms with E-state index in [1.54, 1.807) is 0 Å². The molecule has 6 nitrogen and oxygen atoms in total. The first kappa shape index (κ1) is 14.9. The average Bonchev–Trinajstić information content (AvgIpc) is 2.42. The second-order valence-corrected chi connectivity index (χ2v) is 6.31. The quantitative estimate of drug-likeness (QED) is 0.916. The van der Waals surface area contributed by atoms with Gasteiger partial charge >= 0.3 is 5.97 Å². The summed E-state index contributed by atoms with van der Waals surface area (Å²) in [6.45, 7) is 1.80. The number of carboxylic acids is 1. The number of aryl methyl sites for hydroxylation is 1. The van der Waals surface area contributed by atoms with E-state index in [-0.39, 0.29) is 23.6 Å². The Labute approximate surface area is 115 Å². The minimum atomic E-state index is -3.98. The molecule has 0 aliphatic carbocycles. The van der Waals surface area contributed by atoms with Gasteiger partial charge in [0.05, 0.1) is 17.1 Å². The maximum Gasteiger partial charge on any atom is 0.338 e. The molecule has 0 unspecified atom stereocenters. The molecule has 1 aromatic rings. The molecule has 0 aromatic heterocycles. The molecule has 1 aliphatic heterocycles. The van der Waals surface area contributed by atoms with E-state index in [1.165, 1.54) is 6.92 Å².